The van der Waals surface area contributed by atoms with Gasteiger partial charge in [-0.15, -0.1) is 0 Å². The van der Waals surface area contributed by atoms with Gasteiger partial charge in [-0.05, 0) is 26.0 Å². The molecule has 1 aliphatic rings. The van der Waals surface area contributed by atoms with Crippen molar-refractivity contribution in [3.05, 3.63) is 18.3 Å². The zero-order valence-corrected chi connectivity index (χ0v) is 9.94. The van der Waals surface area contributed by atoms with Gasteiger partial charge < -0.3 is 15.0 Å². The minimum atomic E-state index is 0.591. The lowest BCUT2D eigenvalue weighted by Gasteiger charge is -2.34. The molecule has 88 valence electrons. The maximum Gasteiger partial charge on any atom is 0.214 e. The van der Waals surface area contributed by atoms with Crippen molar-refractivity contribution in [2.75, 3.05) is 32.1 Å². The van der Waals surface area contributed by atoms with Gasteiger partial charge in [-0.3, -0.25) is 0 Å². The van der Waals surface area contributed by atoms with Crippen molar-refractivity contribution < 1.29 is 4.74 Å². The summed E-state index contributed by atoms with van der Waals surface area (Å²) in [4.78, 5) is 6.51. The summed E-state index contributed by atoms with van der Waals surface area (Å²) in [5, 5.41) is 3.34. The number of likely N-dealkylation sites (N-methyl/N-ethyl adjacent to an activating group) is 1. The third kappa shape index (κ3) is 2.44. The van der Waals surface area contributed by atoms with E-state index in [1.165, 1.54) is 18.5 Å². The Morgan fingerprint density at radius 3 is 3.19 bits per heavy atom. The van der Waals surface area contributed by atoms with E-state index in [1.54, 1.807) is 13.3 Å². The topological polar surface area (TPSA) is 37.4 Å². The molecule has 16 heavy (non-hydrogen) atoms. The first-order chi connectivity index (χ1) is 7.83. The standard InChI is InChI=1S/C12H19N3O/c1-13-10-4-3-7-15(9-10)11-5-6-14-12(8-11)16-2/h5-6,8,10,13H,3-4,7,9H2,1-2H3. The maximum absolute atomic E-state index is 5.15. The first kappa shape index (κ1) is 11.2. The van der Waals surface area contributed by atoms with Crippen molar-refractivity contribution in [2.45, 2.75) is 18.9 Å². The van der Waals surface area contributed by atoms with Crippen molar-refractivity contribution >= 4 is 5.69 Å². The second-order valence-electron chi connectivity index (χ2n) is 4.13. The van der Waals surface area contributed by atoms with Crippen molar-refractivity contribution in [1.29, 1.82) is 0 Å². The molecule has 0 radical (unpaired) electrons. The van der Waals surface area contributed by atoms with Crippen LogP contribution in [-0.2, 0) is 0 Å². The van der Waals surface area contributed by atoms with Gasteiger partial charge in [-0.1, -0.05) is 0 Å². The molecule has 1 atom stereocenters. The lowest BCUT2D eigenvalue weighted by molar-refractivity contribution is 0.397. The van der Waals surface area contributed by atoms with Crippen LogP contribution in [0.25, 0.3) is 0 Å². The monoisotopic (exact) mass is 221 g/mol. The fraction of sp³-hybridized carbons (Fsp3) is 0.583. The maximum atomic E-state index is 5.15. The molecule has 1 saturated heterocycles. The molecule has 2 rings (SSSR count). The second kappa shape index (κ2) is 5.16. The van der Waals surface area contributed by atoms with Crippen LogP contribution >= 0.6 is 0 Å². The molecule has 4 heteroatoms. The predicted molar refractivity (Wildman–Crippen MR) is 65.1 cm³/mol. The van der Waals surface area contributed by atoms with E-state index >= 15 is 0 Å². The minimum absolute atomic E-state index is 0.591. The van der Waals surface area contributed by atoms with Gasteiger partial charge in [0.05, 0.1) is 7.11 Å². The predicted octanol–water partition coefficient (Wildman–Crippen LogP) is 1.28. The number of piperidine rings is 1. The highest BCUT2D eigenvalue weighted by Gasteiger charge is 2.18. The molecular formula is C12H19N3O. The van der Waals surface area contributed by atoms with Crippen LogP contribution in [0.5, 0.6) is 5.88 Å². The summed E-state index contributed by atoms with van der Waals surface area (Å²) >= 11 is 0. The van der Waals surface area contributed by atoms with Gasteiger partial charge in [0.25, 0.3) is 0 Å². The van der Waals surface area contributed by atoms with E-state index in [0.29, 0.717) is 11.9 Å². The Morgan fingerprint density at radius 1 is 1.56 bits per heavy atom. The van der Waals surface area contributed by atoms with Crippen LogP contribution in [0.4, 0.5) is 5.69 Å². The third-order valence-electron chi connectivity index (χ3n) is 3.12. The number of rotatable bonds is 3. The van der Waals surface area contributed by atoms with E-state index in [-0.39, 0.29) is 0 Å². The molecule has 0 amide bonds. The van der Waals surface area contributed by atoms with Gasteiger partial charge in [0.2, 0.25) is 5.88 Å². The quantitative estimate of drug-likeness (QED) is 0.834. The van der Waals surface area contributed by atoms with Crippen LogP contribution in [0.3, 0.4) is 0 Å². The molecule has 0 aromatic carbocycles. The summed E-state index contributed by atoms with van der Waals surface area (Å²) in [6, 6.07) is 4.63. The molecule has 2 heterocycles. The smallest absolute Gasteiger partial charge is 0.214 e. The van der Waals surface area contributed by atoms with Crippen LogP contribution in [0.2, 0.25) is 0 Å². The van der Waals surface area contributed by atoms with Crippen molar-refractivity contribution in [1.82, 2.24) is 10.3 Å². The summed E-state index contributed by atoms with van der Waals surface area (Å²) < 4.78 is 5.15. The molecule has 1 aromatic heterocycles. The second-order valence-corrected chi connectivity index (χ2v) is 4.13. The van der Waals surface area contributed by atoms with Gasteiger partial charge in [0.15, 0.2) is 0 Å². The highest BCUT2D eigenvalue weighted by molar-refractivity contribution is 5.48. The largest absolute Gasteiger partial charge is 0.481 e. The minimum Gasteiger partial charge on any atom is -0.481 e. The Balaban J connectivity index is 2.10. The van der Waals surface area contributed by atoms with E-state index < -0.39 is 0 Å². The number of ether oxygens (including phenoxy) is 1. The Bertz CT molecular complexity index is 343. The molecule has 0 saturated carbocycles. The zero-order valence-electron chi connectivity index (χ0n) is 9.94. The summed E-state index contributed by atoms with van der Waals surface area (Å²) in [6.45, 7) is 2.18. The molecule has 0 aliphatic carbocycles. The fourth-order valence-corrected chi connectivity index (χ4v) is 2.15. The number of methoxy groups -OCH3 is 1. The summed E-state index contributed by atoms with van der Waals surface area (Å²) in [7, 11) is 3.68. The van der Waals surface area contributed by atoms with Crippen LogP contribution < -0.4 is 15.0 Å². The van der Waals surface area contributed by atoms with E-state index in [9.17, 15) is 0 Å². The number of hydrogen-bond donors (Lipinski definition) is 1. The molecule has 1 aliphatic heterocycles. The van der Waals surface area contributed by atoms with Crippen LogP contribution in [0.1, 0.15) is 12.8 Å². The third-order valence-corrected chi connectivity index (χ3v) is 3.12. The number of anilines is 1. The zero-order chi connectivity index (χ0) is 11.4. The number of nitrogens with one attached hydrogen (secondary N) is 1. The van der Waals surface area contributed by atoms with Crippen molar-refractivity contribution in [2.24, 2.45) is 0 Å². The molecule has 1 unspecified atom stereocenters. The summed E-state index contributed by atoms with van der Waals surface area (Å²) in [6.07, 6.45) is 4.29. The highest BCUT2D eigenvalue weighted by atomic mass is 16.5. The van der Waals surface area contributed by atoms with Gasteiger partial charge >= 0.3 is 0 Å². The molecule has 0 bridgehead atoms. The van der Waals surface area contributed by atoms with E-state index in [2.05, 4.69) is 15.2 Å². The van der Waals surface area contributed by atoms with E-state index in [0.717, 1.165) is 13.1 Å². The van der Waals surface area contributed by atoms with E-state index in [4.69, 9.17) is 4.74 Å². The summed E-state index contributed by atoms with van der Waals surface area (Å²) in [5.41, 5.74) is 1.20. The average molecular weight is 221 g/mol. The van der Waals surface area contributed by atoms with Gasteiger partial charge in [0, 0.05) is 37.1 Å². The highest BCUT2D eigenvalue weighted by Crippen LogP contribution is 2.22. The van der Waals surface area contributed by atoms with Crippen LogP contribution in [0, 0.1) is 0 Å². The molecule has 4 nitrogen and oxygen atoms in total. The van der Waals surface area contributed by atoms with Gasteiger partial charge in [-0.2, -0.15) is 0 Å². The number of nitrogens with zero attached hydrogens (tertiary/aromatic N) is 2. The molecule has 1 aromatic rings. The van der Waals surface area contributed by atoms with Gasteiger partial charge in [-0.25, -0.2) is 4.98 Å². The first-order valence-corrected chi connectivity index (χ1v) is 5.75. The van der Waals surface area contributed by atoms with Crippen molar-refractivity contribution in [3.8, 4) is 5.88 Å². The molecule has 1 fully saturated rings. The average Bonchev–Trinajstić information content (AvgIpc) is 2.39. The molecule has 1 N–H and O–H groups in total. The molecule has 0 spiro atoms. The SMILES string of the molecule is CNC1CCCN(c2ccnc(OC)c2)C1. The number of aromatic nitrogens is 1. The molecular weight excluding hydrogens is 202 g/mol. The number of hydrogen-bond acceptors (Lipinski definition) is 4. The Hall–Kier alpha value is -1.29. The Morgan fingerprint density at radius 2 is 2.44 bits per heavy atom. The lowest BCUT2D eigenvalue weighted by atomic mass is 10.1. The Kier molecular flexibility index (Phi) is 3.62. The first-order valence-electron chi connectivity index (χ1n) is 5.75. The lowest BCUT2D eigenvalue weighted by Crippen LogP contribution is -2.44. The Labute approximate surface area is 96.6 Å². The fourth-order valence-electron chi connectivity index (χ4n) is 2.15. The summed E-state index contributed by atoms with van der Waals surface area (Å²) in [5.74, 6) is 0.684. The normalized spacial score (nSPS) is 20.9. The van der Waals surface area contributed by atoms with Gasteiger partial charge in [0.1, 0.15) is 0 Å². The number of pyridine rings is 1. The van der Waals surface area contributed by atoms with E-state index in [1.807, 2.05) is 19.2 Å². The van der Waals surface area contributed by atoms with Crippen LogP contribution in [-0.4, -0.2) is 38.3 Å². The van der Waals surface area contributed by atoms with Crippen LogP contribution in [0.15, 0.2) is 18.3 Å². The van der Waals surface area contributed by atoms with Crippen molar-refractivity contribution in [3.63, 3.8) is 0 Å².